The SMILES string of the molecule is CCOC(C)(C)C(O)CC1CC2CCC1C2. The van der Waals surface area contributed by atoms with Gasteiger partial charge < -0.3 is 9.84 Å². The maximum absolute atomic E-state index is 10.3. The van der Waals surface area contributed by atoms with E-state index in [1.807, 2.05) is 20.8 Å². The van der Waals surface area contributed by atoms with Crippen LogP contribution in [0.25, 0.3) is 0 Å². The molecule has 2 fully saturated rings. The first-order valence-corrected chi connectivity index (χ1v) is 6.85. The van der Waals surface area contributed by atoms with E-state index < -0.39 is 0 Å². The summed E-state index contributed by atoms with van der Waals surface area (Å²) in [6, 6.07) is 0. The molecule has 0 aromatic carbocycles. The Hall–Kier alpha value is -0.0800. The number of hydrogen-bond donors (Lipinski definition) is 1. The zero-order chi connectivity index (χ0) is 11.8. The second-order valence-electron chi connectivity index (χ2n) is 6.22. The van der Waals surface area contributed by atoms with Gasteiger partial charge in [0.2, 0.25) is 0 Å². The van der Waals surface area contributed by atoms with Gasteiger partial charge in [0.1, 0.15) is 0 Å². The molecule has 2 saturated carbocycles. The van der Waals surface area contributed by atoms with Crippen molar-refractivity contribution in [1.29, 1.82) is 0 Å². The molecule has 0 aromatic heterocycles. The lowest BCUT2D eigenvalue weighted by molar-refractivity contribution is -0.105. The average Bonchev–Trinajstić information content (AvgIpc) is 2.78. The van der Waals surface area contributed by atoms with Crippen molar-refractivity contribution in [3.8, 4) is 0 Å². The minimum atomic E-state index is -0.378. The summed E-state index contributed by atoms with van der Waals surface area (Å²) in [4.78, 5) is 0. The van der Waals surface area contributed by atoms with E-state index in [9.17, 15) is 5.11 Å². The molecule has 94 valence electrons. The summed E-state index contributed by atoms with van der Waals surface area (Å²) < 4.78 is 5.63. The molecular formula is C14H26O2. The van der Waals surface area contributed by atoms with Gasteiger partial charge in [0.05, 0.1) is 11.7 Å². The highest BCUT2D eigenvalue weighted by molar-refractivity contribution is 4.93. The zero-order valence-corrected chi connectivity index (χ0v) is 10.9. The maximum atomic E-state index is 10.3. The fourth-order valence-corrected chi connectivity index (χ4v) is 3.70. The third-order valence-corrected chi connectivity index (χ3v) is 4.73. The Kier molecular flexibility index (Phi) is 3.60. The Morgan fingerprint density at radius 1 is 1.31 bits per heavy atom. The van der Waals surface area contributed by atoms with Crippen molar-refractivity contribution in [3.05, 3.63) is 0 Å². The summed E-state index contributed by atoms with van der Waals surface area (Å²) in [5.74, 6) is 2.63. The summed E-state index contributed by atoms with van der Waals surface area (Å²) in [5.41, 5.74) is -0.378. The molecule has 2 bridgehead atoms. The fraction of sp³-hybridized carbons (Fsp3) is 1.00. The minimum absolute atomic E-state index is 0.309. The lowest BCUT2D eigenvalue weighted by atomic mass is 9.82. The zero-order valence-electron chi connectivity index (χ0n) is 10.9. The van der Waals surface area contributed by atoms with E-state index >= 15 is 0 Å². The van der Waals surface area contributed by atoms with Gasteiger partial charge in [-0.2, -0.15) is 0 Å². The topological polar surface area (TPSA) is 29.5 Å². The van der Waals surface area contributed by atoms with E-state index in [-0.39, 0.29) is 11.7 Å². The molecule has 0 spiro atoms. The Morgan fingerprint density at radius 3 is 2.56 bits per heavy atom. The van der Waals surface area contributed by atoms with Gasteiger partial charge in [0.15, 0.2) is 0 Å². The molecule has 2 aliphatic rings. The summed E-state index contributed by atoms with van der Waals surface area (Å²) in [6.45, 7) is 6.69. The van der Waals surface area contributed by atoms with Gasteiger partial charge >= 0.3 is 0 Å². The molecular weight excluding hydrogens is 200 g/mol. The second-order valence-corrected chi connectivity index (χ2v) is 6.22. The second kappa shape index (κ2) is 4.66. The van der Waals surface area contributed by atoms with Crippen molar-refractivity contribution in [2.24, 2.45) is 17.8 Å². The molecule has 0 radical (unpaired) electrons. The van der Waals surface area contributed by atoms with Crippen molar-refractivity contribution in [3.63, 3.8) is 0 Å². The molecule has 2 heteroatoms. The van der Waals surface area contributed by atoms with Gasteiger partial charge in [-0.05, 0) is 64.2 Å². The van der Waals surface area contributed by atoms with E-state index in [4.69, 9.17) is 4.74 Å². The van der Waals surface area contributed by atoms with E-state index in [0.717, 1.165) is 24.2 Å². The Bertz CT molecular complexity index is 237. The average molecular weight is 226 g/mol. The van der Waals surface area contributed by atoms with E-state index in [1.54, 1.807) is 0 Å². The van der Waals surface area contributed by atoms with Gasteiger partial charge in [-0.3, -0.25) is 0 Å². The number of hydrogen-bond acceptors (Lipinski definition) is 2. The third-order valence-electron chi connectivity index (χ3n) is 4.73. The highest BCUT2D eigenvalue weighted by Gasteiger charge is 2.42. The number of aliphatic hydroxyl groups excluding tert-OH is 1. The molecule has 2 rings (SSSR count). The first-order chi connectivity index (χ1) is 7.53. The Labute approximate surface area is 99.4 Å². The molecule has 4 unspecified atom stereocenters. The van der Waals surface area contributed by atoms with Gasteiger partial charge in [0, 0.05) is 6.61 Å². The van der Waals surface area contributed by atoms with Crippen LogP contribution in [0, 0.1) is 17.8 Å². The summed E-state index contributed by atoms with van der Waals surface area (Å²) >= 11 is 0. The van der Waals surface area contributed by atoms with Crippen LogP contribution in [0.2, 0.25) is 0 Å². The minimum Gasteiger partial charge on any atom is -0.390 e. The fourth-order valence-electron chi connectivity index (χ4n) is 3.70. The molecule has 0 aliphatic heterocycles. The summed E-state index contributed by atoms with van der Waals surface area (Å²) in [5, 5.41) is 10.3. The first kappa shape index (κ1) is 12.4. The van der Waals surface area contributed by atoms with Crippen LogP contribution >= 0.6 is 0 Å². The Balaban J connectivity index is 1.85. The van der Waals surface area contributed by atoms with Crippen LogP contribution in [-0.4, -0.2) is 23.4 Å². The first-order valence-electron chi connectivity index (χ1n) is 6.85. The van der Waals surface area contributed by atoms with Crippen LogP contribution in [0.5, 0.6) is 0 Å². The van der Waals surface area contributed by atoms with Gasteiger partial charge in [-0.25, -0.2) is 0 Å². The van der Waals surface area contributed by atoms with Crippen molar-refractivity contribution in [1.82, 2.24) is 0 Å². The van der Waals surface area contributed by atoms with Crippen LogP contribution < -0.4 is 0 Å². The maximum Gasteiger partial charge on any atom is 0.0884 e. The highest BCUT2D eigenvalue weighted by atomic mass is 16.5. The largest absolute Gasteiger partial charge is 0.390 e. The van der Waals surface area contributed by atoms with Crippen LogP contribution in [0.3, 0.4) is 0 Å². The lowest BCUT2D eigenvalue weighted by Crippen LogP contribution is -2.40. The highest BCUT2D eigenvalue weighted by Crippen LogP contribution is 2.50. The normalized spacial score (nSPS) is 35.6. The quantitative estimate of drug-likeness (QED) is 0.781. The third kappa shape index (κ3) is 2.43. The van der Waals surface area contributed by atoms with E-state index in [1.165, 1.54) is 25.7 Å². The van der Waals surface area contributed by atoms with Crippen LogP contribution in [0.4, 0.5) is 0 Å². The van der Waals surface area contributed by atoms with Gasteiger partial charge in [-0.15, -0.1) is 0 Å². The van der Waals surface area contributed by atoms with Crippen LogP contribution in [-0.2, 0) is 4.74 Å². The predicted molar refractivity (Wildman–Crippen MR) is 65.3 cm³/mol. The molecule has 16 heavy (non-hydrogen) atoms. The van der Waals surface area contributed by atoms with Gasteiger partial charge in [-0.1, -0.05) is 6.42 Å². The molecule has 2 aliphatic carbocycles. The molecule has 0 amide bonds. The molecule has 1 N–H and O–H groups in total. The molecule has 4 atom stereocenters. The predicted octanol–water partition coefficient (Wildman–Crippen LogP) is 2.99. The molecule has 0 saturated heterocycles. The molecule has 2 nitrogen and oxygen atoms in total. The standard InChI is InChI=1S/C14H26O2/c1-4-16-14(2,3)13(15)9-12-8-10-5-6-11(12)7-10/h10-13,15H,4-9H2,1-3H3. The van der Waals surface area contributed by atoms with Crippen molar-refractivity contribution >= 4 is 0 Å². The van der Waals surface area contributed by atoms with Crippen LogP contribution in [0.15, 0.2) is 0 Å². The van der Waals surface area contributed by atoms with Crippen molar-refractivity contribution in [2.45, 2.75) is 64.6 Å². The number of fused-ring (bicyclic) bond motifs is 2. The van der Waals surface area contributed by atoms with E-state index in [0.29, 0.717) is 6.61 Å². The summed E-state index contributed by atoms with van der Waals surface area (Å²) in [6.07, 6.45) is 6.24. The molecule has 0 aromatic rings. The molecule has 0 heterocycles. The van der Waals surface area contributed by atoms with Crippen molar-refractivity contribution < 1.29 is 9.84 Å². The lowest BCUT2D eigenvalue weighted by Gasteiger charge is -2.34. The van der Waals surface area contributed by atoms with Crippen LogP contribution in [0.1, 0.15) is 52.9 Å². The van der Waals surface area contributed by atoms with E-state index in [2.05, 4.69) is 0 Å². The monoisotopic (exact) mass is 226 g/mol. The Morgan fingerprint density at radius 2 is 2.06 bits per heavy atom. The van der Waals surface area contributed by atoms with Gasteiger partial charge in [0.25, 0.3) is 0 Å². The number of ether oxygens (including phenoxy) is 1. The number of rotatable bonds is 5. The number of aliphatic hydroxyl groups is 1. The summed E-state index contributed by atoms with van der Waals surface area (Å²) in [7, 11) is 0. The van der Waals surface area contributed by atoms with Crippen molar-refractivity contribution in [2.75, 3.05) is 6.61 Å². The smallest absolute Gasteiger partial charge is 0.0884 e.